The van der Waals surface area contributed by atoms with E-state index in [4.69, 9.17) is 0 Å². The highest BCUT2D eigenvalue weighted by molar-refractivity contribution is 7.89. The van der Waals surface area contributed by atoms with Crippen molar-refractivity contribution in [2.24, 2.45) is 0 Å². The van der Waals surface area contributed by atoms with Crippen molar-refractivity contribution < 1.29 is 13.2 Å². The maximum Gasteiger partial charge on any atom is 0.253 e. The molecular formula is C18H30N2O3S. The van der Waals surface area contributed by atoms with E-state index in [-0.39, 0.29) is 10.8 Å². The van der Waals surface area contributed by atoms with Gasteiger partial charge in [0.2, 0.25) is 10.0 Å². The van der Waals surface area contributed by atoms with E-state index >= 15 is 0 Å². The second-order valence-corrected chi connectivity index (χ2v) is 7.71. The molecule has 0 heterocycles. The Morgan fingerprint density at radius 2 is 1.67 bits per heavy atom. The van der Waals surface area contributed by atoms with Crippen LogP contribution < -0.4 is 0 Å². The molecule has 5 nitrogen and oxygen atoms in total. The Balaban J connectivity index is 3.25. The Hall–Kier alpha value is -1.40. The molecule has 1 rings (SSSR count). The summed E-state index contributed by atoms with van der Waals surface area (Å²) in [7, 11) is -3.57. The van der Waals surface area contributed by atoms with Gasteiger partial charge in [0.15, 0.2) is 0 Å². The highest BCUT2D eigenvalue weighted by Gasteiger charge is 2.25. The van der Waals surface area contributed by atoms with Crippen LogP contribution in [0.3, 0.4) is 0 Å². The highest BCUT2D eigenvalue weighted by Crippen LogP contribution is 2.22. The van der Waals surface area contributed by atoms with Gasteiger partial charge >= 0.3 is 0 Å². The van der Waals surface area contributed by atoms with E-state index in [0.717, 1.165) is 12.8 Å². The Kier molecular flexibility index (Phi) is 7.90. The molecule has 0 fully saturated rings. The van der Waals surface area contributed by atoms with Crippen LogP contribution in [-0.2, 0) is 10.0 Å². The topological polar surface area (TPSA) is 57.7 Å². The van der Waals surface area contributed by atoms with Gasteiger partial charge in [-0.1, -0.05) is 33.3 Å². The SMILES string of the molecule is CCCCN(CC)C(=O)c1ccc(C)c(S(=O)(=O)N(CC)CC)c1. The third-order valence-corrected chi connectivity index (χ3v) is 6.40. The van der Waals surface area contributed by atoms with Gasteiger partial charge in [-0.05, 0) is 38.0 Å². The molecule has 0 radical (unpaired) electrons. The number of unbranched alkanes of at least 4 members (excludes halogenated alkanes) is 1. The van der Waals surface area contributed by atoms with Crippen LogP contribution in [0.5, 0.6) is 0 Å². The van der Waals surface area contributed by atoms with Crippen molar-refractivity contribution >= 4 is 15.9 Å². The van der Waals surface area contributed by atoms with Crippen molar-refractivity contribution in [2.75, 3.05) is 26.2 Å². The minimum Gasteiger partial charge on any atom is -0.339 e. The summed E-state index contributed by atoms with van der Waals surface area (Å²) in [4.78, 5) is 14.7. The van der Waals surface area contributed by atoms with Crippen LogP contribution in [0.2, 0.25) is 0 Å². The van der Waals surface area contributed by atoms with E-state index in [1.165, 1.54) is 10.4 Å². The van der Waals surface area contributed by atoms with Crippen molar-refractivity contribution in [2.45, 2.75) is 52.4 Å². The first-order valence-electron chi connectivity index (χ1n) is 8.73. The standard InChI is InChI=1S/C18H30N2O3S/c1-6-10-13-19(7-2)18(21)16-12-11-15(5)17(14-16)24(22,23)20(8-3)9-4/h11-12,14H,6-10,13H2,1-5H3. The van der Waals surface area contributed by atoms with E-state index in [0.29, 0.717) is 37.3 Å². The molecule has 0 saturated heterocycles. The average Bonchev–Trinajstić information content (AvgIpc) is 2.56. The molecule has 1 aromatic rings. The molecule has 0 saturated carbocycles. The summed E-state index contributed by atoms with van der Waals surface area (Å²) in [5.74, 6) is -0.109. The smallest absolute Gasteiger partial charge is 0.253 e. The fourth-order valence-corrected chi connectivity index (χ4v) is 4.36. The number of aryl methyl sites for hydroxylation is 1. The minimum absolute atomic E-state index is 0.109. The quantitative estimate of drug-likeness (QED) is 0.684. The lowest BCUT2D eigenvalue weighted by molar-refractivity contribution is 0.0762. The molecule has 0 aliphatic rings. The van der Waals surface area contributed by atoms with Gasteiger partial charge in [-0.3, -0.25) is 4.79 Å². The van der Waals surface area contributed by atoms with Gasteiger partial charge in [0.05, 0.1) is 4.90 Å². The molecular weight excluding hydrogens is 324 g/mol. The molecule has 136 valence electrons. The number of amides is 1. The van der Waals surface area contributed by atoms with E-state index in [9.17, 15) is 13.2 Å². The summed E-state index contributed by atoms with van der Waals surface area (Å²) in [5, 5.41) is 0. The maximum absolute atomic E-state index is 12.8. The monoisotopic (exact) mass is 354 g/mol. The predicted octanol–water partition coefficient (Wildman–Crippen LogP) is 3.29. The molecule has 0 bridgehead atoms. The average molecular weight is 355 g/mol. The zero-order valence-corrected chi connectivity index (χ0v) is 16.3. The maximum atomic E-state index is 12.8. The van der Waals surface area contributed by atoms with Crippen molar-refractivity contribution in [3.63, 3.8) is 0 Å². The number of hydrogen-bond donors (Lipinski definition) is 0. The van der Waals surface area contributed by atoms with E-state index in [1.54, 1.807) is 24.0 Å². The third kappa shape index (κ3) is 4.57. The third-order valence-electron chi connectivity index (χ3n) is 4.21. The Morgan fingerprint density at radius 1 is 1.04 bits per heavy atom. The second kappa shape index (κ2) is 9.18. The molecule has 1 amide bonds. The number of rotatable bonds is 9. The molecule has 0 spiro atoms. The van der Waals surface area contributed by atoms with Crippen molar-refractivity contribution in [1.82, 2.24) is 9.21 Å². The van der Waals surface area contributed by atoms with E-state index in [1.807, 2.05) is 20.8 Å². The van der Waals surface area contributed by atoms with Crippen molar-refractivity contribution in [3.05, 3.63) is 29.3 Å². The van der Waals surface area contributed by atoms with Gasteiger partial charge in [0.1, 0.15) is 0 Å². The summed E-state index contributed by atoms with van der Waals surface area (Å²) < 4.78 is 27.0. The summed E-state index contributed by atoms with van der Waals surface area (Å²) in [6.07, 6.45) is 1.95. The molecule has 0 aliphatic carbocycles. The Labute approximate surface area is 146 Å². The highest BCUT2D eigenvalue weighted by atomic mass is 32.2. The van der Waals surface area contributed by atoms with Crippen LogP contribution >= 0.6 is 0 Å². The van der Waals surface area contributed by atoms with Crippen LogP contribution in [0, 0.1) is 6.92 Å². The summed E-state index contributed by atoms with van der Waals surface area (Å²) >= 11 is 0. The molecule has 6 heteroatoms. The van der Waals surface area contributed by atoms with Crippen LogP contribution in [0.25, 0.3) is 0 Å². The fraction of sp³-hybridized carbons (Fsp3) is 0.611. The van der Waals surface area contributed by atoms with Crippen LogP contribution in [0.4, 0.5) is 0 Å². The van der Waals surface area contributed by atoms with Crippen molar-refractivity contribution in [1.29, 1.82) is 0 Å². The minimum atomic E-state index is -3.57. The first-order valence-corrected chi connectivity index (χ1v) is 10.2. The lowest BCUT2D eigenvalue weighted by Crippen LogP contribution is -2.33. The van der Waals surface area contributed by atoms with Gasteiger partial charge < -0.3 is 4.90 Å². The zero-order chi connectivity index (χ0) is 18.3. The summed E-state index contributed by atoms with van der Waals surface area (Å²) in [6.45, 7) is 11.5. The van der Waals surface area contributed by atoms with Crippen LogP contribution in [0.15, 0.2) is 23.1 Å². The zero-order valence-electron chi connectivity index (χ0n) is 15.5. The lowest BCUT2D eigenvalue weighted by Gasteiger charge is -2.23. The Bertz CT molecular complexity index is 652. The molecule has 0 aliphatic heterocycles. The van der Waals surface area contributed by atoms with Gasteiger partial charge in [0.25, 0.3) is 5.91 Å². The summed E-state index contributed by atoms with van der Waals surface area (Å²) in [5.41, 5.74) is 1.10. The van der Waals surface area contributed by atoms with Gasteiger partial charge in [0, 0.05) is 31.7 Å². The molecule has 0 N–H and O–H groups in total. The Morgan fingerprint density at radius 3 is 2.17 bits per heavy atom. The predicted molar refractivity (Wildman–Crippen MR) is 97.8 cm³/mol. The number of hydrogen-bond acceptors (Lipinski definition) is 3. The van der Waals surface area contributed by atoms with E-state index in [2.05, 4.69) is 6.92 Å². The number of benzene rings is 1. The van der Waals surface area contributed by atoms with Crippen LogP contribution in [0.1, 0.15) is 56.5 Å². The largest absolute Gasteiger partial charge is 0.339 e. The lowest BCUT2D eigenvalue weighted by atomic mass is 10.1. The first kappa shape index (κ1) is 20.6. The van der Waals surface area contributed by atoms with Crippen LogP contribution in [-0.4, -0.2) is 49.7 Å². The van der Waals surface area contributed by atoms with Gasteiger partial charge in [-0.15, -0.1) is 0 Å². The molecule has 0 aromatic heterocycles. The normalized spacial score (nSPS) is 11.8. The van der Waals surface area contributed by atoms with Gasteiger partial charge in [-0.25, -0.2) is 8.42 Å². The number of sulfonamides is 1. The molecule has 1 aromatic carbocycles. The van der Waals surface area contributed by atoms with Gasteiger partial charge in [-0.2, -0.15) is 4.31 Å². The summed E-state index contributed by atoms with van der Waals surface area (Å²) in [6, 6.07) is 4.96. The fourth-order valence-electron chi connectivity index (χ4n) is 2.65. The molecule has 24 heavy (non-hydrogen) atoms. The molecule has 0 unspecified atom stereocenters. The second-order valence-electron chi connectivity index (χ2n) is 5.81. The van der Waals surface area contributed by atoms with E-state index < -0.39 is 10.0 Å². The van der Waals surface area contributed by atoms with Crippen molar-refractivity contribution in [3.8, 4) is 0 Å². The number of nitrogens with zero attached hydrogens (tertiary/aromatic N) is 2. The first-order chi connectivity index (χ1) is 11.3. The number of carbonyl (C=O) groups is 1. The number of carbonyl (C=O) groups excluding carboxylic acids is 1. The molecule has 0 atom stereocenters.